The van der Waals surface area contributed by atoms with Crippen molar-refractivity contribution in [1.82, 2.24) is 98.5 Å². The van der Waals surface area contributed by atoms with Gasteiger partial charge in [0.1, 0.15) is 202 Å². The van der Waals surface area contributed by atoms with Crippen LogP contribution in [0.15, 0.2) is 256 Å². The van der Waals surface area contributed by atoms with Gasteiger partial charge < -0.3 is 85.5 Å². The number of aryl methyl sites for hydroxylation is 5. The first-order chi connectivity index (χ1) is 71.3. The topological polar surface area (TPSA) is 466 Å². The summed E-state index contributed by atoms with van der Waals surface area (Å²) < 4.78 is 118. The summed E-state index contributed by atoms with van der Waals surface area (Å²) in [5.41, 5.74) is 34.1. The molecule has 13 heterocycles. The molecule has 36 nitrogen and oxygen atoms in total. The molecular weight excluding hydrogens is 1920 g/mol. The fourth-order valence-electron chi connectivity index (χ4n) is 15.8. The minimum Gasteiger partial charge on any atom is -0.489 e. The Hall–Kier alpha value is -17.7. The van der Waals surface area contributed by atoms with Crippen LogP contribution in [-0.4, -0.2) is 145 Å². The Kier molecular flexibility index (Phi) is 30.0. The summed E-state index contributed by atoms with van der Waals surface area (Å²) in [4.78, 5) is 48.6. The minimum absolute atomic E-state index is 0.0382. The number of hydrogen-bond acceptors (Lipinski definition) is 32. The molecule has 148 heavy (non-hydrogen) atoms. The lowest BCUT2D eigenvalue weighted by Crippen LogP contribution is -2.31. The first kappa shape index (κ1) is 100. The Morgan fingerprint density at radius 1 is 0.392 bits per heavy atom. The summed E-state index contributed by atoms with van der Waals surface area (Å²) in [5, 5.41) is 51.1. The summed E-state index contributed by atoms with van der Waals surface area (Å²) in [5.74, 6) is 4.81. The van der Waals surface area contributed by atoms with E-state index in [1.807, 2.05) is 121 Å². The van der Waals surface area contributed by atoms with Crippen molar-refractivity contribution in [2.24, 2.45) is 7.05 Å². The number of rotatable bonds is 32. The second-order valence-corrected chi connectivity index (χ2v) is 37.2. The van der Waals surface area contributed by atoms with Crippen LogP contribution in [0.25, 0.3) is 89.2 Å². The van der Waals surface area contributed by atoms with Crippen molar-refractivity contribution >= 4 is 78.7 Å². The van der Waals surface area contributed by atoms with Gasteiger partial charge in [0.25, 0.3) is 0 Å². The number of nitrogens with two attached hydrogens (primary N) is 4. The minimum atomic E-state index is -1.00. The summed E-state index contributed by atoms with van der Waals surface area (Å²) in [7, 11) is 1.92. The maximum Gasteiger partial charge on any atom is 0.164 e. The van der Waals surface area contributed by atoms with Crippen LogP contribution in [0.5, 0.6) is 69.0 Å². The first-order valence-electron chi connectivity index (χ1n) is 46.6. The van der Waals surface area contributed by atoms with Crippen LogP contribution in [0.3, 0.4) is 0 Å². The molecule has 41 heteroatoms. The van der Waals surface area contributed by atoms with E-state index in [1.54, 1.807) is 151 Å². The Morgan fingerprint density at radius 2 is 0.757 bits per heavy atom. The molecular formula is C107H100F4N24O12S. The summed E-state index contributed by atoms with van der Waals surface area (Å²) in [6, 6.07) is 57.6. The van der Waals surface area contributed by atoms with Crippen LogP contribution < -0.4 is 60.8 Å². The van der Waals surface area contributed by atoms with Crippen LogP contribution in [0.4, 0.5) is 40.8 Å². The number of pyridine rings is 1. The average molecular weight is 2020 g/mol. The van der Waals surface area contributed by atoms with Crippen LogP contribution in [-0.2, 0) is 57.8 Å². The van der Waals surface area contributed by atoms with Gasteiger partial charge in [-0.1, -0.05) is 6.07 Å². The zero-order valence-corrected chi connectivity index (χ0v) is 82.1. The van der Waals surface area contributed by atoms with Crippen molar-refractivity contribution in [3.8, 4) is 114 Å². The molecule has 0 unspecified atom stereocenters. The van der Waals surface area contributed by atoms with Crippen molar-refractivity contribution in [2.45, 2.75) is 118 Å². The highest BCUT2D eigenvalue weighted by molar-refractivity contribution is 7.11. The predicted molar refractivity (Wildman–Crippen MR) is 548 cm³/mol. The number of fused-ring (bicyclic) bond motifs is 4. The van der Waals surface area contributed by atoms with Crippen LogP contribution in [0, 0.1) is 44.0 Å². The average Bonchev–Trinajstić information content (AvgIpc) is 1.68. The number of anilines is 4. The molecule has 0 radical (unpaired) electrons. The Balaban J connectivity index is 0.000000129. The number of nitrogens with zero attached hydrogens (tertiary/aromatic N) is 20. The molecule has 11 N–H and O–H groups in total. The number of aliphatic hydroxyl groups excluding tert-OH is 1. The van der Waals surface area contributed by atoms with Gasteiger partial charge in [-0.15, -0.1) is 11.3 Å². The number of aromatic nitrogens is 20. The molecule has 12 aromatic heterocycles. The van der Waals surface area contributed by atoms with E-state index in [0.29, 0.717) is 204 Å². The smallest absolute Gasteiger partial charge is 0.164 e. The van der Waals surface area contributed by atoms with Crippen LogP contribution in [0.2, 0.25) is 0 Å². The van der Waals surface area contributed by atoms with Crippen molar-refractivity contribution in [3.63, 3.8) is 0 Å². The van der Waals surface area contributed by atoms with Crippen LogP contribution >= 0.6 is 11.3 Å². The normalized spacial score (nSPS) is 12.0. The maximum atomic E-state index is 14.3. The van der Waals surface area contributed by atoms with E-state index in [-0.39, 0.29) is 39.0 Å². The standard InChI is InChI=1S/C28H27FN6O3.C27H27FN6O3.C26H24FN7O3.C26H22FN5O3S/c1-17-4-5-18(13-31-17)14-37-22-10-20(29)11-23(12-22)38-21-8-6-19(7-9-21)25-24-26(30)32-16-33-27(24)35(34-25)15-28(2,3)36;1-27(2,35)15-34-26-23(25(29)30-16-31-26)24(32-34)17-6-8-20(9-7-17)37-22-12-18(28)11-21(13-22)36-14-19-5-4-10-33(19)3;1-16-29-12-17(13-30-16)14-36-21-9-19(27)10-22(11-21)37-20-5-3-18(4-6-20)24-23-25(28)31-15-32-26(23)34(33-24)7-2-8-35;1-15-2-7-22(36-15)13-34-20-8-17(27)9-21(10-20)35-19-5-3-16(4-6-19)24-23-25(28)29-14-30-26(23)32(31-24)18-11-33-12-18/h4-13,16,36H,14-15H2,1-3H3,(H2,30,32,33);4-13,16,35H,14-15H2,1-3H3,(H2,29,30,31);3-6,9-13,15,35H,2,7-8,14H2,1H3,(H2,28,31,32);2-10,14,18H,11-13H2,1H3,(H2,28,29,30). The van der Waals surface area contributed by atoms with E-state index in [9.17, 15) is 32.9 Å². The van der Waals surface area contributed by atoms with Crippen LogP contribution in [0.1, 0.15) is 78.3 Å². The largest absolute Gasteiger partial charge is 0.489 e. The van der Waals surface area contributed by atoms with Gasteiger partial charge in [0.2, 0.25) is 0 Å². The Bertz CT molecular complexity index is 8080. The fraction of sp³-hybridized carbons (Fsp3) is 0.206. The van der Waals surface area contributed by atoms with Gasteiger partial charge in [-0.05, 0) is 182 Å². The number of ether oxygens (including phenoxy) is 9. The molecule has 0 spiro atoms. The third-order valence-corrected chi connectivity index (χ3v) is 23.8. The molecule has 1 aliphatic heterocycles. The van der Waals surface area contributed by atoms with Crippen molar-refractivity contribution in [2.75, 3.05) is 42.8 Å². The van der Waals surface area contributed by atoms with E-state index < -0.39 is 34.5 Å². The van der Waals surface area contributed by atoms with E-state index in [1.165, 1.54) is 78.7 Å². The summed E-state index contributed by atoms with van der Waals surface area (Å²) in [6.07, 6.45) is 13.1. The van der Waals surface area contributed by atoms with Gasteiger partial charge in [0.15, 0.2) is 22.6 Å². The third kappa shape index (κ3) is 24.9. The molecule has 21 rings (SSSR count). The second-order valence-electron chi connectivity index (χ2n) is 35.8. The van der Waals surface area contributed by atoms with Gasteiger partial charge >= 0.3 is 0 Å². The number of thiophene rings is 1. The van der Waals surface area contributed by atoms with E-state index >= 15 is 0 Å². The van der Waals surface area contributed by atoms with Gasteiger partial charge in [-0.3, -0.25) is 4.98 Å². The van der Waals surface area contributed by atoms with E-state index in [0.717, 1.165) is 49.6 Å². The highest BCUT2D eigenvalue weighted by atomic mass is 32.1. The van der Waals surface area contributed by atoms with Gasteiger partial charge in [-0.25, -0.2) is 86.1 Å². The highest BCUT2D eigenvalue weighted by Crippen LogP contribution is 2.42. The summed E-state index contributed by atoms with van der Waals surface area (Å²) in [6.45, 7) is 15.8. The molecule has 1 saturated heterocycles. The number of nitrogen functional groups attached to an aromatic ring is 4. The first-order valence-corrected chi connectivity index (χ1v) is 47.4. The molecule has 0 atom stereocenters. The highest BCUT2D eigenvalue weighted by Gasteiger charge is 2.30. The molecule has 0 saturated carbocycles. The number of hydrogen-bond donors (Lipinski definition) is 7. The van der Waals surface area contributed by atoms with Crippen molar-refractivity contribution < 1.29 is 75.5 Å². The lowest BCUT2D eigenvalue weighted by atomic mass is 10.1. The molecule has 0 amide bonds. The third-order valence-electron chi connectivity index (χ3n) is 22.8. The molecule has 0 bridgehead atoms. The number of halogens is 4. The SMILES string of the molecule is Cc1ccc(COc2cc(F)cc(Oc3ccc(-c4nn(C5COC5)c5ncnc(N)c45)cc3)c2)s1.Cc1ccc(COc2cc(F)cc(Oc3ccc(-c4nn(CC(C)(C)O)c5ncnc(N)c45)cc3)c2)cn1.Cc1ncc(COc2cc(F)cc(Oc3ccc(-c4nn(CCCO)c5ncnc(N)c45)cc3)c2)cn1.Cn1cccc1COc1cc(F)cc(Oc2ccc(-c3nn(CC(C)(C)O)c4ncnc(N)c34)cc2)c1. The fourth-order valence-corrected chi connectivity index (χ4v) is 16.6. The van der Waals surface area contributed by atoms with Gasteiger partial charge in [0, 0.05) is 167 Å². The zero-order chi connectivity index (χ0) is 103. The molecule has 0 aliphatic carbocycles. The molecule has 8 aromatic carbocycles. The van der Waals surface area contributed by atoms with Gasteiger partial charge in [0.05, 0.1) is 64.7 Å². The molecule has 754 valence electrons. The van der Waals surface area contributed by atoms with E-state index in [2.05, 4.69) is 70.1 Å². The van der Waals surface area contributed by atoms with E-state index in [4.69, 9.17) is 70.7 Å². The van der Waals surface area contributed by atoms with Crippen molar-refractivity contribution in [3.05, 3.63) is 318 Å². The molecule has 1 aliphatic rings. The monoisotopic (exact) mass is 2020 g/mol. The Morgan fingerprint density at radius 3 is 1.12 bits per heavy atom. The molecule has 20 aromatic rings. The quantitative estimate of drug-likeness (QED) is 0.0193. The lowest BCUT2D eigenvalue weighted by Gasteiger charge is -2.26. The zero-order valence-electron chi connectivity index (χ0n) is 81.3. The van der Waals surface area contributed by atoms with Gasteiger partial charge in [-0.2, -0.15) is 20.4 Å². The van der Waals surface area contributed by atoms with Crippen molar-refractivity contribution in [1.29, 1.82) is 0 Å². The Labute approximate surface area is 847 Å². The lowest BCUT2D eigenvalue weighted by molar-refractivity contribution is -0.0268. The molecule has 1 fully saturated rings. The maximum absolute atomic E-state index is 14.3. The number of aliphatic hydroxyl groups is 3. The number of benzene rings is 8. The second kappa shape index (κ2) is 44.3. The predicted octanol–water partition coefficient (Wildman–Crippen LogP) is 19.3. The summed E-state index contributed by atoms with van der Waals surface area (Å²) >= 11 is 1.65.